The Balaban J connectivity index is 2.28. The molecule has 0 aromatic rings. The lowest BCUT2D eigenvalue weighted by Gasteiger charge is -2.10. The van der Waals surface area contributed by atoms with E-state index in [1.54, 1.807) is 0 Å². The maximum atomic E-state index is 9.87. The monoisotopic (exact) mass is 131 g/mol. The number of nitrogens with one attached hydrogen (secondary N) is 2. The maximum Gasteiger partial charge on any atom is 0.424 e. The molecule has 0 atom stereocenters. The smallest absolute Gasteiger partial charge is 0.424 e. The molecule has 1 heterocycles. The molecule has 3 N–H and O–H groups in total. The summed E-state index contributed by atoms with van der Waals surface area (Å²) < 4.78 is 0. The van der Waals surface area contributed by atoms with E-state index in [0.29, 0.717) is 0 Å². The van der Waals surface area contributed by atoms with E-state index in [1.165, 1.54) is 12.5 Å². The Morgan fingerprint density at radius 1 is 1.89 bits per heavy atom. The highest BCUT2D eigenvalue weighted by Crippen LogP contribution is 1.87. The van der Waals surface area contributed by atoms with Crippen LogP contribution in [-0.4, -0.2) is 16.3 Å². The molecule has 1 amide bonds. The summed E-state index contributed by atoms with van der Waals surface area (Å²) in [6, 6.07) is 0. The molecule has 1 aliphatic rings. The minimum absolute atomic E-state index is 1.06. The average molecular weight is 131 g/mol. The highest BCUT2D eigenvalue weighted by Gasteiger charge is 2.05. The average Bonchev–Trinajstić information content (AvgIpc) is 2.15. The summed E-state index contributed by atoms with van der Waals surface area (Å²) in [5.74, 6) is 0. The highest BCUT2D eigenvalue weighted by atomic mass is 16.7. The number of carboxylic acid groups (broad SMARTS) is 1. The van der Waals surface area contributed by atoms with E-state index in [1.807, 2.05) is 5.43 Å². The first-order valence-corrected chi connectivity index (χ1v) is 2.16. The van der Waals surface area contributed by atoms with Crippen LogP contribution in [0.3, 0.4) is 0 Å². The molecule has 0 saturated heterocycles. The first-order valence-electron chi connectivity index (χ1n) is 2.16. The largest absolute Gasteiger partial charge is 0.464 e. The molecule has 50 valence electrons. The van der Waals surface area contributed by atoms with Crippen LogP contribution in [0.25, 0.3) is 0 Å². The third-order valence-corrected chi connectivity index (χ3v) is 0.645. The van der Waals surface area contributed by atoms with Crippen molar-refractivity contribution in [2.45, 2.75) is 0 Å². The van der Waals surface area contributed by atoms with Crippen molar-refractivity contribution in [3.8, 4) is 0 Å². The fourth-order valence-corrected chi connectivity index (χ4v) is 0.372. The van der Waals surface area contributed by atoms with Gasteiger partial charge in [0.2, 0.25) is 0 Å². The van der Waals surface area contributed by atoms with Crippen molar-refractivity contribution in [2.75, 3.05) is 0 Å². The molecule has 0 aromatic carbocycles. The normalized spacial score (nSPS) is 15.3. The zero-order chi connectivity index (χ0) is 6.69. The zero-order valence-electron chi connectivity index (χ0n) is 4.37. The Morgan fingerprint density at radius 2 is 2.67 bits per heavy atom. The first kappa shape index (κ1) is 5.70. The second-order valence-corrected chi connectivity index (χ2v) is 1.28. The van der Waals surface area contributed by atoms with Gasteiger partial charge in [-0.2, -0.15) is 5.12 Å². The Kier molecular flexibility index (Phi) is 1.41. The van der Waals surface area contributed by atoms with Crippen molar-refractivity contribution in [3.63, 3.8) is 0 Å². The number of nitrogens with zero attached hydrogens (tertiary/aromatic N) is 1. The van der Waals surface area contributed by atoms with Crippen LogP contribution in [0.1, 0.15) is 0 Å². The van der Waals surface area contributed by atoms with Crippen molar-refractivity contribution in [2.24, 2.45) is 0 Å². The molecule has 6 nitrogen and oxygen atoms in total. The number of carbonyl (C=O) groups is 1. The van der Waals surface area contributed by atoms with Gasteiger partial charge in [0.25, 0.3) is 0 Å². The van der Waals surface area contributed by atoms with Crippen LogP contribution in [0.4, 0.5) is 4.79 Å². The van der Waals surface area contributed by atoms with E-state index >= 15 is 0 Å². The lowest BCUT2D eigenvalue weighted by atomic mass is 11.0. The van der Waals surface area contributed by atoms with Crippen LogP contribution in [-0.2, 0) is 4.84 Å². The molecule has 9 heavy (non-hydrogen) atoms. The molecule has 0 saturated carbocycles. The molecular weight excluding hydrogens is 126 g/mol. The van der Waals surface area contributed by atoms with E-state index in [2.05, 4.69) is 10.4 Å². The third kappa shape index (κ3) is 1.50. The van der Waals surface area contributed by atoms with Gasteiger partial charge in [-0.3, -0.25) is 0 Å². The first-order chi connectivity index (χ1) is 4.29. The molecule has 0 radical (unpaired) electrons. The molecule has 0 spiro atoms. The number of rotatable bonds is 1. The minimum Gasteiger partial charge on any atom is -0.464 e. The number of amides is 1. The Bertz CT molecular complexity index is 145. The second-order valence-electron chi connectivity index (χ2n) is 1.28. The Labute approximate surface area is 50.6 Å². The summed E-state index contributed by atoms with van der Waals surface area (Å²) >= 11 is 0. The summed E-state index contributed by atoms with van der Waals surface area (Å²) in [5.41, 5.74) is 4.19. The Morgan fingerprint density at radius 3 is 3.11 bits per heavy atom. The molecule has 6 heteroatoms. The number of hydrogen-bond donors (Lipinski definition) is 3. The summed E-state index contributed by atoms with van der Waals surface area (Å²) in [6.07, 6.45) is 1.53. The van der Waals surface area contributed by atoms with Crippen molar-refractivity contribution in [3.05, 3.63) is 12.5 Å². The predicted octanol–water partition coefficient (Wildman–Crippen LogP) is -0.608. The quantitative estimate of drug-likeness (QED) is 0.442. The van der Waals surface area contributed by atoms with Crippen LogP contribution in [0.5, 0.6) is 0 Å². The molecule has 0 fully saturated rings. The van der Waals surface area contributed by atoms with Gasteiger partial charge in [0.15, 0.2) is 0 Å². The van der Waals surface area contributed by atoms with Crippen molar-refractivity contribution in [1.29, 1.82) is 0 Å². The van der Waals surface area contributed by atoms with Crippen molar-refractivity contribution >= 4 is 6.09 Å². The second kappa shape index (κ2) is 2.23. The maximum absolute atomic E-state index is 9.87. The van der Waals surface area contributed by atoms with Gasteiger partial charge < -0.3 is 9.94 Å². The SMILES string of the molecule is O=C(O)NN1C=CON1. The highest BCUT2D eigenvalue weighted by molar-refractivity contribution is 5.63. The summed E-state index contributed by atoms with van der Waals surface area (Å²) in [7, 11) is 0. The van der Waals surface area contributed by atoms with Gasteiger partial charge in [-0.1, -0.05) is 0 Å². The summed E-state index contributed by atoms with van der Waals surface area (Å²) in [6.45, 7) is 0. The Hall–Kier alpha value is -1.43. The molecule has 1 rings (SSSR count). The zero-order valence-corrected chi connectivity index (χ0v) is 4.37. The van der Waals surface area contributed by atoms with Crippen LogP contribution in [0.15, 0.2) is 12.5 Å². The van der Waals surface area contributed by atoms with E-state index in [0.717, 1.165) is 5.12 Å². The van der Waals surface area contributed by atoms with Crippen LogP contribution in [0, 0.1) is 0 Å². The standard InChI is InChI=1S/C3H5N3O3/c7-3(8)4-6-1-2-9-5-6/h1-2,4-5H,(H,7,8). The van der Waals surface area contributed by atoms with Gasteiger partial charge in [-0.25, -0.2) is 10.2 Å². The van der Waals surface area contributed by atoms with Gasteiger partial charge in [0.05, 0.1) is 6.20 Å². The lowest BCUT2D eigenvalue weighted by Crippen LogP contribution is -2.43. The van der Waals surface area contributed by atoms with E-state index < -0.39 is 6.09 Å². The minimum atomic E-state index is -1.15. The molecule has 1 aliphatic heterocycles. The van der Waals surface area contributed by atoms with Crippen LogP contribution >= 0.6 is 0 Å². The lowest BCUT2D eigenvalue weighted by molar-refractivity contribution is 0.00753. The van der Waals surface area contributed by atoms with Crippen LogP contribution < -0.4 is 11.0 Å². The topological polar surface area (TPSA) is 73.8 Å². The fourth-order valence-electron chi connectivity index (χ4n) is 0.372. The molecule has 0 bridgehead atoms. The summed E-state index contributed by atoms with van der Waals surface area (Å²) in [5, 5.41) is 9.15. The van der Waals surface area contributed by atoms with E-state index in [-0.39, 0.29) is 0 Å². The molecular formula is C3H5N3O3. The van der Waals surface area contributed by atoms with E-state index in [4.69, 9.17) is 5.11 Å². The van der Waals surface area contributed by atoms with Gasteiger partial charge in [-0.05, 0) is 5.59 Å². The fraction of sp³-hybridized carbons (Fsp3) is 0. The molecule has 0 aliphatic carbocycles. The molecule has 0 unspecified atom stereocenters. The number of hydrazine groups is 2. The van der Waals surface area contributed by atoms with Gasteiger partial charge in [0, 0.05) is 0 Å². The third-order valence-electron chi connectivity index (χ3n) is 0.645. The van der Waals surface area contributed by atoms with Crippen molar-refractivity contribution in [1.82, 2.24) is 16.1 Å². The van der Waals surface area contributed by atoms with Gasteiger partial charge in [0.1, 0.15) is 6.26 Å². The van der Waals surface area contributed by atoms with Crippen molar-refractivity contribution < 1.29 is 14.7 Å². The summed E-state index contributed by atoms with van der Waals surface area (Å²) in [4.78, 5) is 14.3. The molecule has 0 aromatic heterocycles. The van der Waals surface area contributed by atoms with Gasteiger partial charge >= 0.3 is 6.09 Å². The predicted molar refractivity (Wildman–Crippen MR) is 26.4 cm³/mol. The number of hydrogen-bond acceptors (Lipinski definition) is 4. The van der Waals surface area contributed by atoms with E-state index in [9.17, 15) is 4.79 Å². The van der Waals surface area contributed by atoms with Crippen LogP contribution in [0.2, 0.25) is 0 Å². The van der Waals surface area contributed by atoms with Gasteiger partial charge in [-0.15, -0.1) is 0 Å².